The van der Waals surface area contributed by atoms with E-state index in [0.29, 0.717) is 10.6 Å². The minimum atomic E-state index is -0.504. The van der Waals surface area contributed by atoms with Crippen LogP contribution < -0.4 is 5.32 Å². The van der Waals surface area contributed by atoms with Crippen LogP contribution in [0.2, 0.25) is 0 Å². The third-order valence-corrected chi connectivity index (χ3v) is 3.92. The van der Waals surface area contributed by atoms with Crippen molar-refractivity contribution in [3.63, 3.8) is 0 Å². The van der Waals surface area contributed by atoms with E-state index in [1.54, 1.807) is 12.1 Å². The molecule has 1 unspecified atom stereocenters. The molecule has 0 spiro atoms. The molecule has 2 rings (SSSR count). The van der Waals surface area contributed by atoms with Gasteiger partial charge in [-0.15, -0.1) is 11.3 Å². The topological polar surface area (TPSA) is 62.5 Å². The van der Waals surface area contributed by atoms with Crippen molar-refractivity contribution < 1.29 is 14.3 Å². The zero-order valence-corrected chi connectivity index (χ0v) is 11.1. The molecule has 0 aromatic carbocycles. The lowest BCUT2D eigenvalue weighted by molar-refractivity contribution is 0.0911. The minimum absolute atomic E-state index is 0.188. The van der Waals surface area contributed by atoms with Crippen LogP contribution in [-0.2, 0) is 0 Å². The van der Waals surface area contributed by atoms with Crippen LogP contribution in [0.25, 0.3) is 0 Å². The second kappa shape index (κ2) is 5.37. The molecule has 0 bridgehead atoms. The van der Waals surface area contributed by atoms with E-state index < -0.39 is 6.04 Å². The molecule has 18 heavy (non-hydrogen) atoms. The molecule has 2 aromatic heterocycles. The summed E-state index contributed by atoms with van der Waals surface area (Å²) in [6.07, 6.45) is 1.52. The van der Waals surface area contributed by atoms with Crippen LogP contribution in [0, 0.1) is 13.8 Å². The molecule has 0 fully saturated rings. The number of rotatable bonds is 4. The van der Waals surface area contributed by atoms with Crippen molar-refractivity contribution in [1.29, 1.82) is 0 Å². The number of nitrogens with one attached hydrogen (secondary N) is 1. The molecule has 1 amide bonds. The number of thiophene rings is 1. The van der Waals surface area contributed by atoms with E-state index in [9.17, 15) is 9.90 Å². The number of aliphatic hydroxyl groups is 1. The van der Waals surface area contributed by atoms with Crippen molar-refractivity contribution in [2.45, 2.75) is 19.9 Å². The van der Waals surface area contributed by atoms with Gasteiger partial charge in [0, 0.05) is 4.88 Å². The lowest BCUT2D eigenvalue weighted by atomic mass is 10.2. The Labute approximate surface area is 109 Å². The Hall–Kier alpha value is -1.59. The molecule has 0 saturated heterocycles. The first-order valence-electron chi connectivity index (χ1n) is 5.64. The van der Waals surface area contributed by atoms with Crippen LogP contribution in [0.5, 0.6) is 0 Å². The normalized spacial score (nSPS) is 12.4. The van der Waals surface area contributed by atoms with E-state index in [1.165, 1.54) is 17.6 Å². The van der Waals surface area contributed by atoms with Gasteiger partial charge in [-0.3, -0.25) is 4.79 Å². The summed E-state index contributed by atoms with van der Waals surface area (Å²) in [6.45, 7) is 3.76. The van der Waals surface area contributed by atoms with Crippen molar-refractivity contribution in [2.75, 3.05) is 6.61 Å². The number of hydrogen-bond acceptors (Lipinski definition) is 4. The first-order chi connectivity index (χ1) is 8.61. The van der Waals surface area contributed by atoms with Crippen molar-refractivity contribution in [2.24, 2.45) is 0 Å². The van der Waals surface area contributed by atoms with E-state index in [1.807, 2.05) is 19.9 Å². The summed E-state index contributed by atoms with van der Waals surface area (Å²) in [5.74, 6) is 0.363. The predicted molar refractivity (Wildman–Crippen MR) is 69.8 cm³/mol. The number of hydrogen-bond donors (Lipinski definition) is 2. The van der Waals surface area contributed by atoms with Crippen molar-refractivity contribution in [1.82, 2.24) is 5.32 Å². The Balaban J connectivity index is 2.10. The minimum Gasteiger partial charge on any atom is -0.467 e. The van der Waals surface area contributed by atoms with E-state index in [0.717, 1.165) is 10.4 Å². The third kappa shape index (κ3) is 2.63. The lowest BCUT2D eigenvalue weighted by Crippen LogP contribution is -2.29. The molecule has 0 aliphatic rings. The molecule has 0 aliphatic carbocycles. The summed E-state index contributed by atoms with van der Waals surface area (Å²) in [7, 11) is 0. The highest BCUT2D eigenvalue weighted by molar-refractivity contribution is 7.14. The van der Waals surface area contributed by atoms with Crippen molar-refractivity contribution in [3.8, 4) is 0 Å². The Morgan fingerprint density at radius 2 is 2.33 bits per heavy atom. The van der Waals surface area contributed by atoms with Gasteiger partial charge in [0.05, 0.1) is 17.7 Å². The molecule has 2 heterocycles. The summed E-state index contributed by atoms with van der Waals surface area (Å²) in [5, 5.41) is 12.0. The van der Waals surface area contributed by atoms with Gasteiger partial charge in [-0.05, 0) is 37.6 Å². The first kappa shape index (κ1) is 12.9. The van der Waals surface area contributed by atoms with Crippen LogP contribution >= 0.6 is 11.3 Å². The van der Waals surface area contributed by atoms with Crippen LogP contribution in [0.15, 0.2) is 28.9 Å². The summed E-state index contributed by atoms with van der Waals surface area (Å²) >= 11 is 1.45. The summed E-state index contributed by atoms with van der Waals surface area (Å²) < 4.78 is 5.18. The summed E-state index contributed by atoms with van der Waals surface area (Å²) in [6, 6.07) is 4.80. The largest absolute Gasteiger partial charge is 0.467 e. The fourth-order valence-corrected chi connectivity index (χ4v) is 2.55. The Kier molecular flexibility index (Phi) is 3.84. The van der Waals surface area contributed by atoms with Gasteiger partial charge in [0.1, 0.15) is 11.8 Å². The number of aliphatic hydroxyl groups excluding tert-OH is 1. The molecule has 0 saturated carbocycles. The van der Waals surface area contributed by atoms with E-state index in [4.69, 9.17) is 4.42 Å². The fraction of sp³-hybridized carbons (Fsp3) is 0.308. The maximum Gasteiger partial charge on any atom is 0.262 e. The van der Waals surface area contributed by atoms with Gasteiger partial charge in [-0.1, -0.05) is 0 Å². The van der Waals surface area contributed by atoms with Crippen LogP contribution in [0.4, 0.5) is 0 Å². The Morgan fingerprint density at radius 1 is 1.56 bits per heavy atom. The standard InChI is InChI=1S/C13H15NO3S/c1-8-6-12(18-9(8)2)13(16)14-10(7-15)11-4-3-5-17-11/h3-6,10,15H,7H2,1-2H3,(H,14,16). The van der Waals surface area contributed by atoms with E-state index >= 15 is 0 Å². The predicted octanol–water partition coefficient (Wildman–Crippen LogP) is 2.42. The Morgan fingerprint density at radius 3 is 2.83 bits per heavy atom. The van der Waals surface area contributed by atoms with E-state index in [2.05, 4.69) is 5.32 Å². The maximum atomic E-state index is 12.0. The third-order valence-electron chi connectivity index (χ3n) is 2.76. The van der Waals surface area contributed by atoms with Crippen molar-refractivity contribution in [3.05, 3.63) is 45.5 Å². The van der Waals surface area contributed by atoms with Gasteiger partial charge < -0.3 is 14.8 Å². The summed E-state index contributed by atoms with van der Waals surface area (Å²) in [4.78, 5) is 13.8. The first-order valence-corrected chi connectivity index (χ1v) is 6.45. The monoisotopic (exact) mass is 265 g/mol. The van der Waals surface area contributed by atoms with Gasteiger partial charge in [0.15, 0.2) is 0 Å². The average molecular weight is 265 g/mol. The SMILES string of the molecule is Cc1cc(C(=O)NC(CO)c2ccco2)sc1C. The average Bonchev–Trinajstić information content (AvgIpc) is 2.97. The molecule has 2 N–H and O–H groups in total. The highest BCUT2D eigenvalue weighted by Gasteiger charge is 2.18. The van der Waals surface area contributed by atoms with Crippen molar-refractivity contribution >= 4 is 17.2 Å². The van der Waals surface area contributed by atoms with Gasteiger partial charge in [0.2, 0.25) is 0 Å². The summed E-state index contributed by atoms with van der Waals surface area (Å²) in [5.41, 5.74) is 1.10. The second-order valence-corrected chi connectivity index (χ2v) is 5.33. The van der Waals surface area contributed by atoms with Crippen LogP contribution in [0.3, 0.4) is 0 Å². The van der Waals surface area contributed by atoms with Crippen LogP contribution in [-0.4, -0.2) is 17.6 Å². The molecular weight excluding hydrogens is 250 g/mol. The molecule has 96 valence electrons. The second-order valence-electron chi connectivity index (χ2n) is 4.07. The molecule has 0 aliphatic heterocycles. The highest BCUT2D eigenvalue weighted by Crippen LogP contribution is 2.21. The quantitative estimate of drug-likeness (QED) is 0.892. The fourth-order valence-electron chi connectivity index (χ4n) is 1.61. The lowest BCUT2D eigenvalue weighted by Gasteiger charge is -2.12. The molecular formula is C13H15NO3S. The number of aryl methyl sites for hydroxylation is 2. The highest BCUT2D eigenvalue weighted by atomic mass is 32.1. The molecule has 0 radical (unpaired) electrons. The van der Waals surface area contributed by atoms with Crippen LogP contribution in [0.1, 0.15) is 31.9 Å². The maximum absolute atomic E-state index is 12.0. The van der Waals surface area contributed by atoms with Gasteiger partial charge in [-0.25, -0.2) is 0 Å². The Bertz CT molecular complexity index is 511. The molecule has 2 aromatic rings. The van der Waals surface area contributed by atoms with Gasteiger partial charge in [0.25, 0.3) is 5.91 Å². The van der Waals surface area contributed by atoms with E-state index in [-0.39, 0.29) is 12.5 Å². The molecule has 5 heteroatoms. The zero-order chi connectivity index (χ0) is 13.1. The number of furan rings is 1. The molecule has 1 atom stereocenters. The molecule has 4 nitrogen and oxygen atoms in total. The zero-order valence-electron chi connectivity index (χ0n) is 10.3. The smallest absolute Gasteiger partial charge is 0.262 e. The number of carbonyl (C=O) groups excluding carboxylic acids is 1. The van der Waals surface area contributed by atoms with Gasteiger partial charge in [-0.2, -0.15) is 0 Å². The number of amides is 1. The van der Waals surface area contributed by atoms with Gasteiger partial charge >= 0.3 is 0 Å². The number of carbonyl (C=O) groups is 1.